The van der Waals surface area contributed by atoms with Gasteiger partial charge in [0, 0.05) is 18.8 Å². The molecule has 0 saturated heterocycles. The third kappa shape index (κ3) is 2.53. The Balaban J connectivity index is 1.89. The Morgan fingerprint density at radius 3 is 2.90 bits per heavy atom. The van der Waals surface area contributed by atoms with Gasteiger partial charge in [-0.15, -0.1) is 0 Å². The van der Waals surface area contributed by atoms with Crippen molar-refractivity contribution in [3.8, 4) is 6.07 Å². The first-order valence-electron chi connectivity index (χ1n) is 7.08. The molecule has 1 aliphatic heterocycles. The zero-order chi connectivity index (χ0) is 13.9. The molecule has 2 heteroatoms. The van der Waals surface area contributed by atoms with Crippen LogP contribution in [0.2, 0.25) is 0 Å². The van der Waals surface area contributed by atoms with Gasteiger partial charge in [-0.3, -0.25) is 0 Å². The van der Waals surface area contributed by atoms with Crippen LogP contribution in [0, 0.1) is 17.2 Å². The van der Waals surface area contributed by atoms with E-state index in [-0.39, 0.29) is 0 Å². The van der Waals surface area contributed by atoms with Gasteiger partial charge in [0.25, 0.3) is 0 Å². The molecule has 0 spiro atoms. The number of rotatable bonds is 2. The number of fused-ring (bicyclic) bond motifs is 1. The highest BCUT2D eigenvalue weighted by atomic mass is 15.1. The van der Waals surface area contributed by atoms with E-state index in [1.54, 1.807) is 0 Å². The van der Waals surface area contributed by atoms with E-state index < -0.39 is 0 Å². The van der Waals surface area contributed by atoms with Gasteiger partial charge in [0.1, 0.15) is 0 Å². The molecule has 0 saturated carbocycles. The zero-order valence-electron chi connectivity index (χ0n) is 11.7. The smallest absolute Gasteiger partial charge is 0.0991 e. The first-order chi connectivity index (χ1) is 9.76. The molecule has 0 fully saturated rings. The summed E-state index contributed by atoms with van der Waals surface area (Å²) in [6, 6.07) is 18.8. The molecule has 0 aromatic heterocycles. The molecule has 2 aromatic carbocycles. The second-order valence-corrected chi connectivity index (χ2v) is 5.63. The maximum absolute atomic E-state index is 9.00. The van der Waals surface area contributed by atoms with Crippen molar-refractivity contribution in [3.05, 3.63) is 65.2 Å². The van der Waals surface area contributed by atoms with Crippen LogP contribution in [0.3, 0.4) is 0 Å². The van der Waals surface area contributed by atoms with E-state index in [2.05, 4.69) is 48.2 Å². The fraction of sp³-hybridized carbons (Fsp3) is 0.278. The molecule has 1 atom stereocenters. The van der Waals surface area contributed by atoms with E-state index in [0.717, 1.165) is 25.1 Å². The van der Waals surface area contributed by atoms with Crippen molar-refractivity contribution in [2.24, 2.45) is 5.92 Å². The van der Waals surface area contributed by atoms with Gasteiger partial charge in [-0.05, 0) is 41.7 Å². The summed E-state index contributed by atoms with van der Waals surface area (Å²) in [6.07, 6.45) is 1.16. The average molecular weight is 262 g/mol. The van der Waals surface area contributed by atoms with E-state index in [0.29, 0.717) is 5.92 Å². The van der Waals surface area contributed by atoms with Crippen LogP contribution in [0.4, 0.5) is 5.69 Å². The maximum Gasteiger partial charge on any atom is 0.0991 e. The number of hydrogen-bond acceptors (Lipinski definition) is 2. The molecule has 0 radical (unpaired) electrons. The average Bonchev–Trinajstić information content (AvgIpc) is 2.47. The zero-order valence-corrected chi connectivity index (χ0v) is 11.7. The summed E-state index contributed by atoms with van der Waals surface area (Å²) in [4.78, 5) is 2.43. The minimum atomic E-state index is 0.670. The third-order valence-corrected chi connectivity index (χ3v) is 3.86. The van der Waals surface area contributed by atoms with Gasteiger partial charge in [0.05, 0.1) is 11.6 Å². The maximum atomic E-state index is 9.00. The number of benzene rings is 2. The van der Waals surface area contributed by atoms with Gasteiger partial charge in [0.2, 0.25) is 0 Å². The van der Waals surface area contributed by atoms with Crippen molar-refractivity contribution in [1.29, 1.82) is 5.26 Å². The Labute approximate surface area is 120 Å². The standard InChI is InChI=1S/C18H18N2/c1-14-9-17-7-2-3-8-18(17)20(12-14)13-16-6-4-5-15(10-16)11-19/h2-8,10,14H,9,12-13H2,1H3. The fourth-order valence-electron chi connectivity index (χ4n) is 3.02. The van der Waals surface area contributed by atoms with Crippen LogP contribution >= 0.6 is 0 Å². The van der Waals surface area contributed by atoms with Crippen molar-refractivity contribution in [2.75, 3.05) is 11.4 Å². The van der Waals surface area contributed by atoms with E-state index in [4.69, 9.17) is 5.26 Å². The lowest BCUT2D eigenvalue weighted by Gasteiger charge is -2.35. The van der Waals surface area contributed by atoms with Gasteiger partial charge in [0.15, 0.2) is 0 Å². The van der Waals surface area contributed by atoms with Crippen LogP contribution in [0.1, 0.15) is 23.6 Å². The molecule has 2 nitrogen and oxygen atoms in total. The Morgan fingerprint density at radius 2 is 2.05 bits per heavy atom. The number of anilines is 1. The molecule has 20 heavy (non-hydrogen) atoms. The molecular formula is C18H18N2. The monoisotopic (exact) mass is 262 g/mol. The Hall–Kier alpha value is -2.27. The van der Waals surface area contributed by atoms with Gasteiger partial charge < -0.3 is 4.90 Å². The Bertz CT molecular complexity index is 654. The lowest BCUT2D eigenvalue weighted by atomic mass is 9.93. The molecular weight excluding hydrogens is 244 g/mol. The van der Waals surface area contributed by atoms with Crippen LogP contribution in [0.5, 0.6) is 0 Å². The van der Waals surface area contributed by atoms with E-state index >= 15 is 0 Å². The fourth-order valence-corrected chi connectivity index (χ4v) is 3.02. The van der Waals surface area contributed by atoms with Crippen molar-refractivity contribution in [1.82, 2.24) is 0 Å². The van der Waals surface area contributed by atoms with Crippen LogP contribution in [0.25, 0.3) is 0 Å². The highest BCUT2D eigenvalue weighted by molar-refractivity contribution is 5.56. The summed E-state index contributed by atoms with van der Waals surface area (Å²) in [5.41, 5.74) is 4.71. The molecule has 100 valence electrons. The predicted molar refractivity (Wildman–Crippen MR) is 81.5 cm³/mol. The summed E-state index contributed by atoms with van der Waals surface area (Å²) >= 11 is 0. The number of nitrogens with zero attached hydrogens (tertiary/aromatic N) is 2. The molecule has 0 N–H and O–H groups in total. The molecule has 3 rings (SSSR count). The van der Waals surface area contributed by atoms with Crippen LogP contribution in [-0.4, -0.2) is 6.54 Å². The molecule has 1 aliphatic rings. The quantitative estimate of drug-likeness (QED) is 0.824. The normalized spacial score (nSPS) is 17.4. The largest absolute Gasteiger partial charge is 0.367 e. The first kappa shape index (κ1) is 12.7. The van der Waals surface area contributed by atoms with Crippen molar-refractivity contribution in [3.63, 3.8) is 0 Å². The number of hydrogen-bond donors (Lipinski definition) is 0. The van der Waals surface area contributed by atoms with Gasteiger partial charge >= 0.3 is 0 Å². The Kier molecular flexibility index (Phi) is 3.43. The minimum absolute atomic E-state index is 0.670. The topological polar surface area (TPSA) is 27.0 Å². The lowest BCUT2D eigenvalue weighted by Crippen LogP contribution is -2.33. The first-order valence-corrected chi connectivity index (χ1v) is 7.08. The molecule has 2 aromatic rings. The van der Waals surface area contributed by atoms with Crippen LogP contribution in [-0.2, 0) is 13.0 Å². The van der Waals surface area contributed by atoms with Crippen LogP contribution in [0.15, 0.2) is 48.5 Å². The molecule has 1 heterocycles. The molecule has 0 bridgehead atoms. The number of nitriles is 1. The van der Waals surface area contributed by atoms with Gasteiger partial charge in [-0.25, -0.2) is 0 Å². The summed E-state index contributed by atoms with van der Waals surface area (Å²) in [7, 11) is 0. The molecule has 1 unspecified atom stereocenters. The van der Waals surface area contributed by atoms with E-state index in [9.17, 15) is 0 Å². The lowest BCUT2D eigenvalue weighted by molar-refractivity contribution is 0.530. The minimum Gasteiger partial charge on any atom is -0.367 e. The predicted octanol–water partition coefficient (Wildman–Crippen LogP) is 3.76. The SMILES string of the molecule is CC1Cc2ccccc2N(Cc2cccc(C#N)c2)C1. The summed E-state index contributed by atoms with van der Waals surface area (Å²) in [5, 5.41) is 9.00. The number of para-hydroxylation sites is 1. The van der Waals surface area contributed by atoms with Gasteiger partial charge in [-0.2, -0.15) is 5.26 Å². The summed E-state index contributed by atoms with van der Waals surface area (Å²) in [6.45, 7) is 4.25. The summed E-state index contributed by atoms with van der Waals surface area (Å²) in [5.74, 6) is 0.670. The highest BCUT2D eigenvalue weighted by Crippen LogP contribution is 2.30. The second kappa shape index (κ2) is 5.38. The molecule has 0 amide bonds. The second-order valence-electron chi connectivity index (χ2n) is 5.63. The van der Waals surface area contributed by atoms with E-state index in [1.807, 2.05) is 18.2 Å². The highest BCUT2D eigenvalue weighted by Gasteiger charge is 2.21. The Morgan fingerprint density at radius 1 is 1.20 bits per heavy atom. The van der Waals surface area contributed by atoms with Crippen molar-refractivity contribution in [2.45, 2.75) is 19.9 Å². The van der Waals surface area contributed by atoms with E-state index in [1.165, 1.54) is 16.8 Å². The van der Waals surface area contributed by atoms with Crippen LogP contribution < -0.4 is 4.90 Å². The third-order valence-electron chi connectivity index (χ3n) is 3.86. The van der Waals surface area contributed by atoms with Gasteiger partial charge in [-0.1, -0.05) is 37.3 Å². The summed E-state index contributed by atoms with van der Waals surface area (Å²) < 4.78 is 0. The van der Waals surface area contributed by atoms with Crippen molar-refractivity contribution < 1.29 is 0 Å². The van der Waals surface area contributed by atoms with Crippen molar-refractivity contribution >= 4 is 5.69 Å². The molecule has 0 aliphatic carbocycles.